The Morgan fingerprint density at radius 2 is 1.90 bits per heavy atom. The number of anilines is 1. The van der Waals surface area contributed by atoms with Crippen molar-refractivity contribution in [2.75, 3.05) is 12.4 Å². The summed E-state index contributed by atoms with van der Waals surface area (Å²) in [5, 5.41) is 14.7. The average Bonchev–Trinajstić information content (AvgIpc) is 3.07. The van der Waals surface area contributed by atoms with Gasteiger partial charge in [0.1, 0.15) is 11.5 Å². The lowest BCUT2D eigenvalue weighted by Gasteiger charge is -2.40. The molecular weight excluding hydrogens is 378 g/mol. The third-order valence-corrected chi connectivity index (χ3v) is 5.63. The monoisotopic (exact) mass is 403 g/mol. The Labute approximate surface area is 176 Å². The van der Waals surface area contributed by atoms with Crippen LogP contribution in [0.1, 0.15) is 40.7 Å². The van der Waals surface area contributed by atoms with E-state index >= 15 is 0 Å². The van der Waals surface area contributed by atoms with Crippen molar-refractivity contribution in [2.24, 2.45) is 0 Å². The molecule has 0 radical (unpaired) electrons. The van der Waals surface area contributed by atoms with Gasteiger partial charge in [0.05, 0.1) is 0 Å². The number of hydrogen-bond acceptors (Lipinski definition) is 4. The zero-order valence-corrected chi connectivity index (χ0v) is 17.5. The van der Waals surface area contributed by atoms with E-state index in [9.17, 15) is 9.90 Å². The molecule has 0 saturated heterocycles. The fourth-order valence-corrected chi connectivity index (χ4v) is 4.23. The van der Waals surface area contributed by atoms with Crippen molar-refractivity contribution in [1.29, 1.82) is 0 Å². The molecule has 2 heterocycles. The maximum absolute atomic E-state index is 12.6. The first-order valence-electron chi connectivity index (χ1n) is 9.86. The van der Waals surface area contributed by atoms with Crippen molar-refractivity contribution in [3.8, 4) is 0 Å². The van der Waals surface area contributed by atoms with Crippen LogP contribution in [0, 0.1) is 13.8 Å². The minimum absolute atomic E-state index is 0.375. The molecule has 0 saturated carbocycles. The Kier molecular flexibility index (Phi) is 5.10. The van der Waals surface area contributed by atoms with E-state index < -0.39 is 11.7 Å². The molecule has 2 N–H and O–H groups in total. The number of aryl methyl sites for hydroxylation is 2. The van der Waals surface area contributed by atoms with E-state index in [2.05, 4.69) is 5.32 Å². The Bertz CT molecular complexity index is 1130. The Hall–Kier alpha value is -3.15. The maximum atomic E-state index is 12.6. The van der Waals surface area contributed by atoms with Crippen LogP contribution in [-0.4, -0.2) is 24.2 Å². The van der Waals surface area contributed by atoms with Crippen molar-refractivity contribution in [3.63, 3.8) is 0 Å². The summed E-state index contributed by atoms with van der Waals surface area (Å²) in [6, 6.07) is 16.8. The number of amides is 1. The minimum atomic E-state index is -1.60. The van der Waals surface area contributed by atoms with Crippen LogP contribution in [0.3, 0.4) is 0 Å². The van der Waals surface area contributed by atoms with Crippen LogP contribution in [0.15, 0.2) is 59.0 Å². The van der Waals surface area contributed by atoms with Crippen LogP contribution in [0.25, 0.3) is 11.6 Å². The SMILES string of the molecule is COC1C(=O)Nc2ccc(/C=C(\C)c3cc(C)oc3C)cc2C1(O)c1ccccc1. The molecule has 0 fully saturated rings. The number of carbonyl (C=O) groups is 1. The van der Waals surface area contributed by atoms with Gasteiger partial charge in [-0.1, -0.05) is 42.5 Å². The van der Waals surface area contributed by atoms with Crippen LogP contribution in [-0.2, 0) is 15.1 Å². The summed E-state index contributed by atoms with van der Waals surface area (Å²) in [7, 11) is 1.43. The third-order valence-electron chi connectivity index (χ3n) is 5.63. The molecule has 1 aliphatic rings. The van der Waals surface area contributed by atoms with E-state index in [1.165, 1.54) is 7.11 Å². The summed E-state index contributed by atoms with van der Waals surface area (Å²) < 4.78 is 11.1. The second kappa shape index (κ2) is 7.59. The number of methoxy groups -OCH3 is 1. The highest BCUT2D eigenvalue weighted by Gasteiger charge is 2.49. The quantitative estimate of drug-likeness (QED) is 0.665. The van der Waals surface area contributed by atoms with Crippen LogP contribution in [0.2, 0.25) is 0 Å². The van der Waals surface area contributed by atoms with Crippen molar-refractivity contribution >= 4 is 23.2 Å². The van der Waals surface area contributed by atoms with Crippen molar-refractivity contribution in [3.05, 3.63) is 88.4 Å². The fourth-order valence-electron chi connectivity index (χ4n) is 4.23. The lowest BCUT2D eigenvalue weighted by atomic mass is 9.77. The molecule has 5 heteroatoms. The first-order chi connectivity index (χ1) is 14.3. The van der Waals surface area contributed by atoms with Crippen LogP contribution in [0.5, 0.6) is 0 Å². The number of nitrogens with one attached hydrogen (secondary N) is 1. The molecule has 2 unspecified atom stereocenters. The topological polar surface area (TPSA) is 71.7 Å². The van der Waals surface area contributed by atoms with Crippen LogP contribution >= 0.6 is 0 Å². The summed E-state index contributed by atoms with van der Waals surface area (Å²) in [6.07, 6.45) is 0.979. The summed E-state index contributed by atoms with van der Waals surface area (Å²) in [5.41, 5.74) is 3.18. The molecule has 0 bridgehead atoms. The molecule has 154 valence electrons. The number of allylic oxidation sites excluding steroid dienone is 1. The highest BCUT2D eigenvalue weighted by atomic mass is 16.5. The number of ether oxygens (including phenoxy) is 1. The van der Waals surface area contributed by atoms with Gasteiger partial charge in [0, 0.05) is 23.9 Å². The zero-order chi connectivity index (χ0) is 21.5. The summed E-state index contributed by atoms with van der Waals surface area (Å²) in [4.78, 5) is 12.6. The first-order valence-corrected chi connectivity index (χ1v) is 9.86. The molecule has 0 aliphatic carbocycles. The summed E-state index contributed by atoms with van der Waals surface area (Å²) in [5.74, 6) is 1.36. The highest BCUT2D eigenvalue weighted by molar-refractivity contribution is 6.00. The largest absolute Gasteiger partial charge is 0.466 e. The second-order valence-corrected chi connectivity index (χ2v) is 7.70. The van der Waals surface area contributed by atoms with Gasteiger partial charge >= 0.3 is 0 Å². The minimum Gasteiger partial charge on any atom is -0.466 e. The average molecular weight is 403 g/mol. The van der Waals surface area contributed by atoms with Crippen molar-refractivity contribution in [1.82, 2.24) is 0 Å². The van der Waals surface area contributed by atoms with Gasteiger partial charge in [-0.25, -0.2) is 0 Å². The molecule has 2 aromatic carbocycles. The van der Waals surface area contributed by atoms with Gasteiger partial charge in [-0.2, -0.15) is 0 Å². The highest BCUT2D eigenvalue weighted by Crippen LogP contribution is 2.43. The number of rotatable bonds is 4. The van der Waals surface area contributed by atoms with Gasteiger partial charge in [0.2, 0.25) is 0 Å². The van der Waals surface area contributed by atoms with E-state index in [1.54, 1.807) is 12.1 Å². The normalized spacial score (nSPS) is 21.3. The smallest absolute Gasteiger partial charge is 0.257 e. The predicted molar refractivity (Wildman–Crippen MR) is 117 cm³/mol. The zero-order valence-electron chi connectivity index (χ0n) is 17.5. The molecule has 5 nitrogen and oxygen atoms in total. The van der Waals surface area contributed by atoms with E-state index in [4.69, 9.17) is 9.15 Å². The molecule has 30 heavy (non-hydrogen) atoms. The number of hydrogen-bond donors (Lipinski definition) is 2. The molecule has 1 aromatic heterocycles. The number of fused-ring (bicyclic) bond motifs is 1. The lowest BCUT2D eigenvalue weighted by Crippen LogP contribution is -2.52. The molecule has 3 aromatic rings. The molecule has 1 amide bonds. The van der Waals surface area contributed by atoms with Gasteiger partial charge in [-0.15, -0.1) is 0 Å². The Morgan fingerprint density at radius 1 is 1.17 bits per heavy atom. The fraction of sp³-hybridized carbons (Fsp3) is 0.240. The standard InChI is InChI=1S/C25H25NO4/c1-15(20-13-16(2)30-17(20)3)12-18-10-11-22-21(14-18)25(28,19-8-6-5-7-9-19)23(29-4)24(27)26-22/h5-14,23,28H,1-4H3,(H,26,27)/b15-12+. The van der Waals surface area contributed by atoms with Crippen molar-refractivity contribution in [2.45, 2.75) is 32.5 Å². The van der Waals surface area contributed by atoms with Gasteiger partial charge in [0.25, 0.3) is 5.91 Å². The van der Waals surface area contributed by atoms with Crippen molar-refractivity contribution < 1.29 is 19.1 Å². The number of furan rings is 1. The molecule has 4 rings (SSSR count). The Balaban J connectivity index is 1.86. The summed E-state index contributed by atoms with van der Waals surface area (Å²) >= 11 is 0. The first kappa shape index (κ1) is 20.1. The maximum Gasteiger partial charge on any atom is 0.257 e. The molecule has 1 aliphatic heterocycles. The lowest BCUT2D eigenvalue weighted by molar-refractivity contribution is -0.142. The van der Waals surface area contributed by atoms with E-state index in [0.717, 1.165) is 28.2 Å². The predicted octanol–water partition coefficient (Wildman–Crippen LogP) is 4.66. The number of carbonyl (C=O) groups excluding carboxylic acids is 1. The molecular formula is C25H25NO4. The molecule has 0 spiro atoms. The third kappa shape index (κ3) is 3.26. The van der Waals surface area contributed by atoms with Gasteiger partial charge < -0.3 is 19.6 Å². The van der Waals surface area contributed by atoms with Crippen LogP contribution in [0.4, 0.5) is 5.69 Å². The van der Waals surface area contributed by atoms with Crippen LogP contribution < -0.4 is 5.32 Å². The van der Waals surface area contributed by atoms with E-state index in [0.29, 0.717) is 16.8 Å². The second-order valence-electron chi connectivity index (χ2n) is 7.70. The van der Waals surface area contributed by atoms with E-state index in [1.807, 2.05) is 69.3 Å². The molecule has 2 atom stereocenters. The number of benzene rings is 2. The number of aliphatic hydroxyl groups is 1. The van der Waals surface area contributed by atoms with Gasteiger partial charge in [-0.3, -0.25) is 4.79 Å². The van der Waals surface area contributed by atoms with Gasteiger partial charge in [-0.05, 0) is 55.7 Å². The summed E-state index contributed by atoms with van der Waals surface area (Å²) in [6.45, 7) is 5.90. The van der Waals surface area contributed by atoms with E-state index in [-0.39, 0.29) is 5.91 Å². The van der Waals surface area contributed by atoms with Gasteiger partial charge in [0.15, 0.2) is 11.7 Å². The Morgan fingerprint density at radius 3 is 2.53 bits per heavy atom.